The predicted octanol–water partition coefficient (Wildman–Crippen LogP) is 2.09. The van der Waals surface area contributed by atoms with Crippen molar-refractivity contribution in [3.63, 3.8) is 0 Å². The monoisotopic (exact) mass is 1350 g/mol. The first-order valence-electron chi connectivity index (χ1n) is 33.3. The van der Waals surface area contributed by atoms with Crippen molar-refractivity contribution in [2.75, 3.05) is 33.0 Å². The number of aliphatic hydroxyl groups excluding tert-OH is 14. The summed E-state index contributed by atoms with van der Waals surface area (Å²) >= 11 is 0. The fraction of sp³-hybridized carbons (Fsp3) is 0.873. The zero-order valence-corrected chi connectivity index (χ0v) is 54.4. The van der Waals surface area contributed by atoms with E-state index in [1.807, 2.05) is 0 Å². The number of rotatable bonds is 46. The van der Waals surface area contributed by atoms with Gasteiger partial charge in [-0.05, 0) is 70.6 Å². The summed E-state index contributed by atoms with van der Waals surface area (Å²) in [4.78, 5) is 37.9. The van der Waals surface area contributed by atoms with E-state index in [1.54, 1.807) is 0 Å². The molecule has 536 valence electrons. The average molecular weight is 1350 g/mol. The van der Waals surface area contributed by atoms with Crippen molar-refractivity contribution in [1.29, 1.82) is 0 Å². The van der Waals surface area contributed by atoms with E-state index >= 15 is 0 Å². The molecule has 4 fully saturated rings. The van der Waals surface area contributed by atoms with Gasteiger partial charge in [0.1, 0.15) is 116 Å². The topological polar surface area (TPSA) is 447 Å². The molecule has 28 nitrogen and oxygen atoms in total. The standard InChI is InChI=1S/C63H111O28P/c1-3-5-7-9-11-13-15-17-19-21-23-25-27-29-31-33-44(66)82-37-40(85-45(67)34-32-30-28-26-24-22-20-18-16-14-12-10-8-6-4-2)38-84-92(80,81)91-60-58(89-62-56(78)50(72)47(69)42(36-65)87-62)53(75)52(74)54(76)59(60)90-63-57(79)51(73)48(70)43(88-63)39-83-61-55(77)49(71)46(68)41(35-64)86-61/h11,13,17-20,40-43,46-65,68-79H,3-10,12,14-16,21-39H2,1-2H3,(H,80,81)/b13-11-,19-17-,20-18-/t40-,41?,42?,43?,46+,47-,48+,49?,50?,51?,52+,53?,54?,55+,56-,57+,58-,59?,60+,61-,62-,63+/m1/s1. The van der Waals surface area contributed by atoms with Crippen molar-refractivity contribution >= 4 is 19.8 Å². The number of hydrogen-bond donors (Lipinski definition) is 15. The minimum Gasteiger partial charge on any atom is -0.462 e. The molecule has 1 saturated carbocycles. The molecule has 3 heterocycles. The average Bonchev–Trinajstić information content (AvgIpc) is 0.800. The molecular formula is C63H111O28P. The van der Waals surface area contributed by atoms with Crippen LogP contribution in [0, 0.1) is 0 Å². The first-order chi connectivity index (χ1) is 44.1. The van der Waals surface area contributed by atoms with E-state index in [-0.39, 0.29) is 12.8 Å². The van der Waals surface area contributed by atoms with Crippen LogP contribution in [-0.2, 0) is 61.1 Å². The highest BCUT2D eigenvalue weighted by Gasteiger charge is 2.58. The highest BCUT2D eigenvalue weighted by molar-refractivity contribution is 7.47. The van der Waals surface area contributed by atoms with E-state index in [9.17, 15) is 90.5 Å². The molecule has 0 aromatic heterocycles. The zero-order valence-electron chi connectivity index (χ0n) is 53.5. The quantitative estimate of drug-likeness (QED) is 0.0180. The fourth-order valence-corrected chi connectivity index (χ4v) is 12.0. The first-order valence-corrected chi connectivity index (χ1v) is 34.8. The summed E-state index contributed by atoms with van der Waals surface area (Å²) in [6, 6.07) is 0. The molecular weight excluding hydrogens is 1240 g/mol. The summed E-state index contributed by atoms with van der Waals surface area (Å²) in [6.45, 7) is 0.00236. The molecule has 0 amide bonds. The Balaban J connectivity index is 1.48. The number of aliphatic hydroxyl groups is 14. The minimum atomic E-state index is -5.76. The van der Waals surface area contributed by atoms with Crippen molar-refractivity contribution in [1.82, 2.24) is 0 Å². The number of carbonyl (C=O) groups excluding carboxylic acids is 2. The van der Waals surface area contributed by atoms with Gasteiger partial charge in [-0.2, -0.15) is 0 Å². The van der Waals surface area contributed by atoms with E-state index in [0.717, 1.165) is 77.0 Å². The van der Waals surface area contributed by atoms with Crippen molar-refractivity contribution in [3.05, 3.63) is 36.5 Å². The lowest BCUT2D eigenvalue weighted by Gasteiger charge is -2.49. The molecule has 3 aliphatic heterocycles. The van der Waals surface area contributed by atoms with Gasteiger partial charge >= 0.3 is 19.8 Å². The highest BCUT2D eigenvalue weighted by atomic mass is 31.2. The Morgan fingerprint density at radius 1 is 0.435 bits per heavy atom. The lowest BCUT2D eigenvalue weighted by molar-refractivity contribution is -0.364. The largest absolute Gasteiger partial charge is 0.472 e. The molecule has 92 heavy (non-hydrogen) atoms. The van der Waals surface area contributed by atoms with Gasteiger partial charge in [-0.25, -0.2) is 4.57 Å². The molecule has 29 heteroatoms. The Kier molecular flexibility index (Phi) is 40.2. The van der Waals surface area contributed by atoms with Crippen LogP contribution in [-0.4, -0.2) is 256 Å². The maximum absolute atomic E-state index is 14.3. The molecule has 0 bridgehead atoms. The number of hydrogen-bond acceptors (Lipinski definition) is 27. The van der Waals surface area contributed by atoms with Crippen LogP contribution >= 0.6 is 7.82 Å². The van der Waals surface area contributed by atoms with Gasteiger partial charge in [0.15, 0.2) is 25.0 Å². The molecule has 4 rings (SSSR count). The fourth-order valence-electron chi connectivity index (χ4n) is 11.1. The van der Waals surface area contributed by atoms with E-state index in [4.69, 9.17) is 46.9 Å². The van der Waals surface area contributed by atoms with Crippen LogP contribution in [0.15, 0.2) is 36.5 Å². The number of phosphoric ester groups is 1. The van der Waals surface area contributed by atoms with Crippen LogP contribution in [0.2, 0.25) is 0 Å². The Labute approximate surface area is 540 Å². The molecule has 15 N–H and O–H groups in total. The summed E-state index contributed by atoms with van der Waals surface area (Å²) in [5.74, 6) is -1.43. The smallest absolute Gasteiger partial charge is 0.462 e. The second kappa shape index (κ2) is 45.1. The third kappa shape index (κ3) is 28.1. The lowest BCUT2D eigenvalue weighted by atomic mass is 9.84. The normalized spacial score (nSPS) is 34.0. The molecule has 23 atom stereocenters. The Morgan fingerprint density at radius 2 is 0.815 bits per heavy atom. The van der Waals surface area contributed by atoms with Crippen molar-refractivity contribution in [2.45, 2.75) is 316 Å². The summed E-state index contributed by atoms with van der Waals surface area (Å²) in [5, 5.41) is 150. The Bertz CT molecular complexity index is 2120. The molecule has 4 aliphatic rings. The molecule has 0 radical (unpaired) electrons. The summed E-state index contributed by atoms with van der Waals surface area (Å²) < 4.78 is 69.9. The van der Waals surface area contributed by atoms with Gasteiger partial charge in [0.2, 0.25) is 0 Å². The zero-order chi connectivity index (χ0) is 67.6. The lowest BCUT2D eigenvalue weighted by Crippen LogP contribution is -2.69. The van der Waals surface area contributed by atoms with Gasteiger partial charge in [-0.1, -0.05) is 134 Å². The summed E-state index contributed by atoms with van der Waals surface area (Å²) in [6.07, 6.45) is -8.73. The first kappa shape index (κ1) is 81.9. The van der Waals surface area contributed by atoms with Gasteiger partial charge in [0.05, 0.1) is 26.4 Å². The number of unbranched alkanes of at least 4 members (excludes halogenated alkanes) is 19. The Morgan fingerprint density at radius 3 is 1.30 bits per heavy atom. The molecule has 0 spiro atoms. The molecule has 0 aromatic carbocycles. The molecule has 10 unspecified atom stereocenters. The molecule has 0 aromatic rings. The third-order valence-corrected chi connectivity index (χ3v) is 17.8. The minimum absolute atomic E-state index is 0.000635. The number of carbonyl (C=O) groups is 2. The van der Waals surface area contributed by atoms with Gasteiger partial charge in [-0.15, -0.1) is 0 Å². The maximum Gasteiger partial charge on any atom is 0.472 e. The Hall–Kier alpha value is -2.53. The molecule has 1 aliphatic carbocycles. The second-order valence-corrected chi connectivity index (χ2v) is 25.8. The maximum atomic E-state index is 14.3. The van der Waals surface area contributed by atoms with Gasteiger partial charge in [0, 0.05) is 12.8 Å². The van der Waals surface area contributed by atoms with Crippen molar-refractivity contribution < 1.29 is 137 Å². The summed E-state index contributed by atoms with van der Waals surface area (Å²) in [5.41, 5.74) is 0. The summed E-state index contributed by atoms with van der Waals surface area (Å²) in [7, 11) is -5.76. The number of phosphoric acid groups is 1. The SMILES string of the molecule is CCCCC/C=C\C/C=C\CCCCCCCC(=O)OC[C@H](COP(=O)(O)O[C@@H]1C(O[C@@H]2OC(CO[C@@H]3OC(CO)[C@H](O)C(O)[C@@H]3O)[C@H](O)C(O)[C@@H]2O)C(O)[C@@H](O)C(O)[C@H]1O[C@H]1OC(CO)[C@@H](O)C(O)[C@H]1O)OC(=O)CCCCCCC/C=C\CCCCCCCC. The number of allylic oxidation sites excluding steroid dienone is 6. The molecule has 3 saturated heterocycles. The highest BCUT2D eigenvalue weighted by Crippen LogP contribution is 2.49. The van der Waals surface area contributed by atoms with Gasteiger partial charge in [0.25, 0.3) is 0 Å². The number of ether oxygens (including phenoxy) is 8. The van der Waals surface area contributed by atoms with Crippen LogP contribution in [0.5, 0.6) is 0 Å². The van der Waals surface area contributed by atoms with Crippen LogP contribution in [0.25, 0.3) is 0 Å². The third-order valence-electron chi connectivity index (χ3n) is 16.8. The van der Waals surface area contributed by atoms with Crippen molar-refractivity contribution in [2.24, 2.45) is 0 Å². The van der Waals surface area contributed by atoms with E-state index in [0.29, 0.717) is 19.3 Å². The number of esters is 2. The van der Waals surface area contributed by atoms with E-state index in [1.165, 1.54) is 57.8 Å². The van der Waals surface area contributed by atoms with E-state index < -0.39 is 188 Å². The predicted molar refractivity (Wildman–Crippen MR) is 328 cm³/mol. The van der Waals surface area contributed by atoms with Crippen LogP contribution in [0.1, 0.15) is 181 Å². The van der Waals surface area contributed by atoms with Gasteiger partial charge in [-0.3, -0.25) is 18.6 Å². The van der Waals surface area contributed by atoms with Crippen molar-refractivity contribution in [3.8, 4) is 0 Å². The van der Waals surface area contributed by atoms with E-state index in [2.05, 4.69) is 50.3 Å². The second-order valence-electron chi connectivity index (χ2n) is 24.4. The van der Waals surface area contributed by atoms with Crippen LogP contribution < -0.4 is 0 Å². The van der Waals surface area contributed by atoms with Gasteiger partial charge < -0.3 is 114 Å². The van der Waals surface area contributed by atoms with Crippen LogP contribution in [0.3, 0.4) is 0 Å². The van der Waals surface area contributed by atoms with Crippen LogP contribution in [0.4, 0.5) is 0 Å².